The van der Waals surface area contributed by atoms with Gasteiger partial charge in [0.2, 0.25) is 9.84 Å². The molecule has 2 rings (SSSR count). The van der Waals surface area contributed by atoms with Crippen molar-refractivity contribution in [1.29, 1.82) is 0 Å². The first-order chi connectivity index (χ1) is 9.20. The van der Waals surface area contributed by atoms with E-state index in [0.29, 0.717) is 11.1 Å². The van der Waals surface area contributed by atoms with E-state index in [9.17, 15) is 16.8 Å². The molecule has 0 amide bonds. The van der Waals surface area contributed by atoms with E-state index in [-0.39, 0.29) is 16.3 Å². The lowest BCUT2D eigenvalue weighted by Gasteiger charge is -2.08. The fourth-order valence-corrected chi connectivity index (χ4v) is 5.25. The second kappa shape index (κ2) is 4.98. The Morgan fingerprint density at radius 3 is 2.45 bits per heavy atom. The van der Waals surface area contributed by atoms with Crippen LogP contribution >= 0.6 is 0 Å². The average molecular weight is 315 g/mol. The number of rotatable bonds is 4. The minimum absolute atomic E-state index is 0.0675. The van der Waals surface area contributed by atoms with Crippen molar-refractivity contribution in [2.24, 2.45) is 5.73 Å². The molecule has 1 heterocycles. The van der Waals surface area contributed by atoms with Crippen molar-refractivity contribution in [2.45, 2.75) is 30.5 Å². The van der Waals surface area contributed by atoms with Crippen molar-refractivity contribution < 1.29 is 16.8 Å². The number of fused-ring (bicyclic) bond motifs is 1. The largest absolute Gasteiger partial charge is 0.326 e. The molecule has 1 aliphatic rings. The van der Waals surface area contributed by atoms with Crippen LogP contribution in [0.15, 0.2) is 28.0 Å². The molecular weight excluding hydrogens is 298 g/mol. The van der Waals surface area contributed by atoms with Gasteiger partial charge in [0.05, 0.1) is 20.8 Å². The molecule has 1 aromatic carbocycles. The average Bonchev–Trinajstić information content (AvgIpc) is 2.61. The van der Waals surface area contributed by atoms with Crippen molar-refractivity contribution in [3.63, 3.8) is 0 Å². The summed E-state index contributed by atoms with van der Waals surface area (Å²) in [5.41, 5.74) is 6.80. The van der Waals surface area contributed by atoms with E-state index in [1.807, 2.05) is 0 Å². The van der Waals surface area contributed by atoms with Gasteiger partial charge in [-0.1, -0.05) is 12.1 Å². The summed E-state index contributed by atoms with van der Waals surface area (Å²) in [5.74, 6) is -0.467. The van der Waals surface area contributed by atoms with Crippen molar-refractivity contribution in [2.75, 3.05) is 5.75 Å². The van der Waals surface area contributed by atoms with Crippen molar-refractivity contribution in [1.82, 2.24) is 0 Å². The Balaban J connectivity index is 2.55. The Kier molecular flexibility index (Phi) is 3.79. The number of benzene rings is 1. The summed E-state index contributed by atoms with van der Waals surface area (Å²) >= 11 is 0. The van der Waals surface area contributed by atoms with Gasteiger partial charge < -0.3 is 5.73 Å². The molecule has 2 N–H and O–H groups in total. The van der Waals surface area contributed by atoms with Crippen LogP contribution in [-0.2, 0) is 26.2 Å². The van der Waals surface area contributed by atoms with Gasteiger partial charge in [-0.3, -0.25) is 0 Å². The molecule has 110 valence electrons. The zero-order valence-electron chi connectivity index (χ0n) is 11.3. The lowest BCUT2D eigenvalue weighted by molar-refractivity contribution is 0.587. The van der Waals surface area contributed by atoms with Gasteiger partial charge in [0.25, 0.3) is 0 Å². The Hall–Kier alpha value is -1.18. The van der Waals surface area contributed by atoms with Crippen LogP contribution in [0.2, 0.25) is 0 Å². The third-order valence-electron chi connectivity index (χ3n) is 3.38. The number of sulfone groups is 2. The Morgan fingerprint density at radius 1 is 1.25 bits per heavy atom. The first kappa shape index (κ1) is 15.2. The molecule has 0 atom stereocenters. The second-order valence-electron chi connectivity index (χ2n) is 5.00. The maximum absolute atomic E-state index is 12.4. The van der Waals surface area contributed by atoms with E-state index in [1.54, 1.807) is 12.1 Å². The molecule has 0 bridgehead atoms. The molecule has 1 aliphatic heterocycles. The normalized spacial score (nSPS) is 17.1. The van der Waals surface area contributed by atoms with Gasteiger partial charge in [0.15, 0.2) is 9.84 Å². The first-order valence-corrected chi connectivity index (χ1v) is 9.39. The van der Waals surface area contributed by atoms with Crippen molar-refractivity contribution >= 4 is 25.8 Å². The molecule has 0 fully saturated rings. The Morgan fingerprint density at radius 2 is 1.90 bits per heavy atom. The molecule has 0 saturated heterocycles. The van der Waals surface area contributed by atoms with E-state index in [0.717, 1.165) is 0 Å². The van der Waals surface area contributed by atoms with Gasteiger partial charge in [-0.2, -0.15) is 0 Å². The summed E-state index contributed by atoms with van der Waals surface area (Å²) in [4.78, 5) is 0.0801. The zero-order chi connectivity index (χ0) is 15.1. The predicted octanol–water partition coefficient (Wildman–Crippen LogP) is 1.10. The van der Waals surface area contributed by atoms with E-state index in [4.69, 9.17) is 5.73 Å². The van der Waals surface area contributed by atoms with Crippen LogP contribution in [0.5, 0.6) is 0 Å². The minimum atomic E-state index is -3.72. The SMILES string of the molecule is CC(C)S(=O)(=O)CC1=Cc2c(CN)cccc2S1(=O)=O. The Bertz CT molecular complexity index is 775. The van der Waals surface area contributed by atoms with Crippen LogP contribution in [0.25, 0.3) is 6.08 Å². The molecule has 0 spiro atoms. The first-order valence-electron chi connectivity index (χ1n) is 6.19. The zero-order valence-corrected chi connectivity index (χ0v) is 13.0. The van der Waals surface area contributed by atoms with Crippen LogP contribution in [0.3, 0.4) is 0 Å². The van der Waals surface area contributed by atoms with Gasteiger partial charge in [0, 0.05) is 6.54 Å². The second-order valence-corrected chi connectivity index (χ2v) is 9.53. The molecule has 0 aliphatic carbocycles. The molecule has 0 aromatic heterocycles. The summed E-state index contributed by atoms with van der Waals surface area (Å²) in [7, 11) is -7.19. The number of hydrogen-bond acceptors (Lipinski definition) is 5. The molecular formula is C13H17NO4S2. The highest BCUT2D eigenvalue weighted by molar-refractivity contribution is 7.98. The highest BCUT2D eigenvalue weighted by Crippen LogP contribution is 2.35. The highest BCUT2D eigenvalue weighted by Gasteiger charge is 2.34. The maximum atomic E-state index is 12.4. The summed E-state index contributed by atoms with van der Waals surface area (Å²) < 4.78 is 48.7. The molecule has 1 aromatic rings. The number of nitrogens with two attached hydrogens (primary N) is 1. The van der Waals surface area contributed by atoms with Crippen molar-refractivity contribution in [3.05, 3.63) is 34.2 Å². The minimum Gasteiger partial charge on any atom is -0.326 e. The van der Waals surface area contributed by atoms with Crippen LogP contribution in [-0.4, -0.2) is 27.8 Å². The molecule has 0 unspecified atom stereocenters. The fraction of sp³-hybridized carbons (Fsp3) is 0.385. The highest BCUT2D eigenvalue weighted by atomic mass is 32.2. The van der Waals surface area contributed by atoms with Crippen LogP contribution in [0, 0.1) is 0 Å². The lowest BCUT2D eigenvalue weighted by Crippen LogP contribution is -2.21. The molecule has 5 nitrogen and oxygen atoms in total. The van der Waals surface area contributed by atoms with Crippen LogP contribution in [0.4, 0.5) is 0 Å². The van der Waals surface area contributed by atoms with E-state index in [2.05, 4.69) is 0 Å². The van der Waals surface area contributed by atoms with E-state index < -0.39 is 30.7 Å². The van der Waals surface area contributed by atoms with E-state index in [1.165, 1.54) is 26.0 Å². The van der Waals surface area contributed by atoms with Crippen molar-refractivity contribution in [3.8, 4) is 0 Å². The molecule has 7 heteroatoms. The Labute approximate surface area is 119 Å². The summed E-state index contributed by atoms with van der Waals surface area (Å²) in [6, 6.07) is 4.84. The lowest BCUT2D eigenvalue weighted by atomic mass is 10.1. The van der Waals surface area contributed by atoms with Crippen LogP contribution in [0.1, 0.15) is 25.0 Å². The van der Waals surface area contributed by atoms with Gasteiger partial charge in [0.1, 0.15) is 0 Å². The van der Waals surface area contributed by atoms with E-state index >= 15 is 0 Å². The quantitative estimate of drug-likeness (QED) is 0.897. The monoisotopic (exact) mass is 315 g/mol. The standard InChI is InChI=1S/C13H17NO4S2/c1-9(2)19(15,16)8-11-6-12-10(7-14)4-3-5-13(12)20(11,17)18/h3-6,9H,7-8,14H2,1-2H3. The third-order valence-corrected chi connectivity index (χ3v) is 7.60. The predicted molar refractivity (Wildman–Crippen MR) is 78.4 cm³/mol. The smallest absolute Gasteiger partial charge is 0.204 e. The van der Waals surface area contributed by atoms with Crippen LogP contribution < -0.4 is 5.73 Å². The van der Waals surface area contributed by atoms with Gasteiger partial charge in [-0.25, -0.2) is 16.8 Å². The molecule has 0 saturated carbocycles. The summed E-state index contributed by atoms with van der Waals surface area (Å²) in [5, 5.41) is -0.615. The fourth-order valence-electron chi connectivity index (χ4n) is 2.03. The van der Waals surface area contributed by atoms with Gasteiger partial charge in [-0.05, 0) is 37.1 Å². The topological polar surface area (TPSA) is 94.3 Å². The molecule has 0 radical (unpaired) electrons. The maximum Gasteiger partial charge on any atom is 0.204 e. The summed E-state index contributed by atoms with van der Waals surface area (Å²) in [6.45, 7) is 3.28. The summed E-state index contributed by atoms with van der Waals surface area (Å²) in [6.07, 6.45) is 1.44. The third kappa shape index (κ3) is 2.41. The van der Waals surface area contributed by atoms with Gasteiger partial charge >= 0.3 is 0 Å². The number of hydrogen-bond donors (Lipinski definition) is 1. The van der Waals surface area contributed by atoms with Gasteiger partial charge in [-0.15, -0.1) is 0 Å². The molecule has 20 heavy (non-hydrogen) atoms.